The highest BCUT2D eigenvalue weighted by Crippen LogP contribution is 2.33. The summed E-state index contributed by atoms with van der Waals surface area (Å²) >= 11 is 1.24. The largest absolute Gasteiger partial charge is 0.484 e. The molecule has 2 heterocycles. The van der Waals surface area contributed by atoms with E-state index in [9.17, 15) is 19.1 Å². The van der Waals surface area contributed by atoms with E-state index >= 15 is 0 Å². The molecular weight excluding hydrogens is 457 g/mol. The Morgan fingerprint density at radius 3 is 2.65 bits per heavy atom. The van der Waals surface area contributed by atoms with Crippen molar-refractivity contribution >= 4 is 23.2 Å². The Morgan fingerprint density at radius 2 is 2.03 bits per heavy atom. The summed E-state index contributed by atoms with van der Waals surface area (Å²) in [6, 6.07) is 9.54. The molecule has 178 valence electrons. The normalized spacial score (nSPS) is 14.5. The smallest absolute Gasteiger partial charge is 0.254 e. The summed E-state index contributed by atoms with van der Waals surface area (Å²) in [5.41, 5.74) is 0.607. The van der Waals surface area contributed by atoms with Crippen LogP contribution in [0.4, 0.5) is 4.39 Å². The number of aliphatic hydroxyl groups is 1. The number of rotatable bonds is 9. The average molecular weight is 484 g/mol. The summed E-state index contributed by atoms with van der Waals surface area (Å²) < 4.78 is 25.0. The number of nitrogens with one attached hydrogen (secondary N) is 1. The molecule has 1 atom stereocenters. The third kappa shape index (κ3) is 5.48. The topological polar surface area (TPSA) is 101 Å². The van der Waals surface area contributed by atoms with Gasteiger partial charge in [-0.2, -0.15) is 4.37 Å². The molecule has 1 saturated carbocycles. The third-order valence-corrected chi connectivity index (χ3v) is 6.48. The Bertz CT molecular complexity index is 1210. The van der Waals surface area contributed by atoms with Gasteiger partial charge >= 0.3 is 0 Å². The Balaban J connectivity index is 1.42. The van der Waals surface area contributed by atoms with Crippen LogP contribution in [0.2, 0.25) is 0 Å². The first-order valence-corrected chi connectivity index (χ1v) is 11.8. The first kappa shape index (κ1) is 24.0. The average Bonchev–Trinajstić information content (AvgIpc) is 3.54. The molecule has 3 aromatic rings. The molecule has 4 rings (SSSR count). The number of hydrogen-bond donors (Lipinski definition) is 2. The van der Waals surface area contributed by atoms with Crippen molar-refractivity contribution in [2.45, 2.75) is 45.3 Å². The molecule has 1 aromatic carbocycles. The number of aromatic nitrogens is 2. The first-order valence-electron chi connectivity index (χ1n) is 11.0. The summed E-state index contributed by atoms with van der Waals surface area (Å²) in [6.07, 6.45) is 3.09. The third-order valence-electron chi connectivity index (χ3n) is 5.54. The zero-order valence-corrected chi connectivity index (χ0v) is 20.0. The maximum absolute atomic E-state index is 14.7. The number of hydrogen-bond acceptors (Lipinski definition) is 7. The molecule has 1 aliphatic carbocycles. The number of aliphatic hydroxyl groups excluding tert-OH is 1. The quantitative estimate of drug-likeness (QED) is 0.432. The number of pyridine rings is 1. The van der Waals surface area contributed by atoms with Crippen LogP contribution in [0.5, 0.6) is 5.75 Å². The summed E-state index contributed by atoms with van der Waals surface area (Å²) in [6.45, 7) is 4.90. The van der Waals surface area contributed by atoms with Gasteiger partial charge in [0.25, 0.3) is 5.91 Å². The lowest BCUT2D eigenvalue weighted by Crippen LogP contribution is -2.46. The summed E-state index contributed by atoms with van der Waals surface area (Å²) in [5.74, 6) is -0.520. The zero-order valence-electron chi connectivity index (χ0n) is 19.2. The second-order valence-corrected chi connectivity index (χ2v) is 9.92. The van der Waals surface area contributed by atoms with Crippen LogP contribution in [0.3, 0.4) is 0 Å². The second kappa shape index (κ2) is 9.60. The van der Waals surface area contributed by atoms with Crippen LogP contribution < -0.4 is 10.1 Å². The van der Waals surface area contributed by atoms with Gasteiger partial charge in [-0.25, -0.2) is 9.37 Å². The van der Waals surface area contributed by atoms with Gasteiger partial charge < -0.3 is 15.2 Å². The van der Waals surface area contributed by atoms with Crippen molar-refractivity contribution in [2.75, 3.05) is 6.61 Å². The SMILES string of the molecule is C[C@@H](Oc1ccc(C(=O)C2CC2)nc1)c1cc(-c2ccc(C(=O)NC(C)(C)CO)c(F)c2)ns1. The number of Topliss-reactive ketones (excluding diaryl/α,β-unsaturated/α-hetero) is 1. The summed E-state index contributed by atoms with van der Waals surface area (Å²) in [4.78, 5) is 29.5. The van der Waals surface area contributed by atoms with Gasteiger partial charge in [0.05, 0.1) is 34.5 Å². The van der Waals surface area contributed by atoms with Crippen molar-refractivity contribution in [1.29, 1.82) is 0 Å². The molecule has 0 bridgehead atoms. The van der Waals surface area contributed by atoms with E-state index < -0.39 is 17.3 Å². The maximum atomic E-state index is 14.7. The molecular formula is C25H26FN3O4S. The van der Waals surface area contributed by atoms with Crippen molar-refractivity contribution < 1.29 is 23.8 Å². The van der Waals surface area contributed by atoms with Gasteiger partial charge in [0.2, 0.25) is 0 Å². The van der Waals surface area contributed by atoms with Gasteiger partial charge in [0.1, 0.15) is 23.4 Å². The molecule has 0 unspecified atom stereocenters. The Kier molecular flexibility index (Phi) is 6.77. The molecule has 2 N–H and O–H groups in total. The molecule has 0 aliphatic heterocycles. The molecule has 7 nitrogen and oxygen atoms in total. The van der Waals surface area contributed by atoms with Gasteiger partial charge in [-0.05, 0) is 75.5 Å². The van der Waals surface area contributed by atoms with Crippen LogP contribution in [0.25, 0.3) is 11.3 Å². The molecule has 1 aliphatic rings. The number of benzene rings is 1. The highest BCUT2D eigenvalue weighted by Gasteiger charge is 2.31. The van der Waals surface area contributed by atoms with Gasteiger partial charge in [-0.3, -0.25) is 9.59 Å². The minimum Gasteiger partial charge on any atom is -0.484 e. The van der Waals surface area contributed by atoms with E-state index in [0.29, 0.717) is 22.7 Å². The molecule has 0 saturated heterocycles. The van der Waals surface area contributed by atoms with Crippen LogP contribution in [0.15, 0.2) is 42.6 Å². The number of carbonyl (C=O) groups is 2. The summed E-state index contributed by atoms with van der Waals surface area (Å²) in [7, 11) is 0. The molecule has 2 aromatic heterocycles. The predicted octanol–water partition coefficient (Wildman–Crippen LogP) is 4.58. The highest BCUT2D eigenvalue weighted by molar-refractivity contribution is 7.06. The van der Waals surface area contributed by atoms with E-state index in [0.717, 1.165) is 17.7 Å². The van der Waals surface area contributed by atoms with Crippen molar-refractivity contribution in [1.82, 2.24) is 14.7 Å². The summed E-state index contributed by atoms with van der Waals surface area (Å²) in [5, 5.41) is 11.9. The van der Waals surface area contributed by atoms with E-state index in [-0.39, 0.29) is 30.0 Å². The van der Waals surface area contributed by atoms with Crippen molar-refractivity contribution in [3.05, 3.63) is 64.5 Å². The highest BCUT2D eigenvalue weighted by atomic mass is 32.1. The predicted molar refractivity (Wildman–Crippen MR) is 126 cm³/mol. The van der Waals surface area contributed by atoms with Crippen molar-refractivity contribution in [3.63, 3.8) is 0 Å². The van der Waals surface area contributed by atoms with Crippen LogP contribution in [-0.2, 0) is 0 Å². The minimum atomic E-state index is -0.856. The fourth-order valence-electron chi connectivity index (χ4n) is 3.30. The Hall–Kier alpha value is -3.17. The van der Waals surface area contributed by atoms with Gasteiger partial charge in [0, 0.05) is 11.5 Å². The molecule has 0 radical (unpaired) electrons. The number of carbonyl (C=O) groups excluding carboxylic acids is 2. The van der Waals surface area contributed by atoms with E-state index in [4.69, 9.17) is 4.74 Å². The second-order valence-electron chi connectivity index (χ2n) is 9.08. The fourth-order valence-corrected chi connectivity index (χ4v) is 4.03. The van der Waals surface area contributed by atoms with E-state index in [2.05, 4.69) is 14.7 Å². The molecule has 34 heavy (non-hydrogen) atoms. The van der Waals surface area contributed by atoms with E-state index in [1.807, 2.05) is 13.0 Å². The Labute approximate surface area is 201 Å². The lowest BCUT2D eigenvalue weighted by Gasteiger charge is -2.23. The molecule has 1 amide bonds. The van der Waals surface area contributed by atoms with Crippen molar-refractivity contribution in [3.8, 4) is 17.0 Å². The standard InChI is InChI=1S/C25H26FN3O4S/c1-14(33-17-7-9-20(27-12-17)23(31)15-4-5-15)22-11-21(29-34-22)16-6-8-18(19(26)10-16)24(32)28-25(2,3)13-30/h6-12,14-15,30H,4-5,13H2,1-3H3,(H,28,32)/t14-/m1/s1. The first-order chi connectivity index (χ1) is 16.2. The minimum absolute atomic E-state index is 0.0829. The number of halogens is 1. The van der Waals surface area contributed by atoms with E-state index in [1.165, 1.54) is 23.7 Å². The van der Waals surface area contributed by atoms with Crippen LogP contribution in [-0.4, -0.2) is 38.3 Å². The fraction of sp³-hybridized carbons (Fsp3) is 0.360. The molecule has 0 spiro atoms. The monoisotopic (exact) mass is 483 g/mol. The maximum Gasteiger partial charge on any atom is 0.254 e. The number of ether oxygens (including phenoxy) is 1. The van der Waals surface area contributed by atoms with E-state index in [1.54, 1.807) is 38.2 Å². The molecule has 9 heteroatoms. The molecule has 1 fully saturated rings. The van der Waals surface area contributed by atoms with Gasteiger partial charge in [-0.15, -0.1) is 0 Å². The number of amides is 1. The van der Waals surface area contributed by atoms with Crippen LogP contribution in [0.1, 0.15) is 65.4 Å². The van der Waals surface area contributed by atoms with Crippen LogP contribution in [0, 0.1) is 11.7 Å². The van der Waals surface area contributed by atoms with Gasteiger partial charge in [0.15, 0.2) is 5.78 Å². The van der Waals surface area contributed by atoms with Crippen LogP contribution >= 0.6 is 11.5 Å². The van der Waals surface area contributed by atoms with Crippen molar-refractivity contribution in [2.24, 2.45) is 5.92 Å². The lowest BCUT2D eigenvalue weighted by atomic mass is 10.0. The van der Waals surface area contributed by atoms with Gasteiger partial charge in [-0.1, -0.05) is 6.07 Å². The number of nitrogens with zero attached hydrogens (tertiary/aromatic N) is 2. The lowest BCUT2D eigenvalue weighted by molar-refractivity contribution is 0.0864. The zero-order chi connectivity index (χ0) is 24.5. The number of ketones is 1. The Morgan fingerprint density at radius 1 is 1.26 bits per heavy atom.